The lowest BCUT2D eigenvalue weighted by atomic mass is 10.0. The van der Waals surface area contributed by atoms with Crippen LogP contribution in [0, 0.1) is 0 Å². The number of hydrogen-bond donors (Lipinski definition) is 7. The average molecular weight is 455 g/mol. The molecule has 0 aliphatic heterocycles. The van der Waals surface area contributed by atoms with Crippen LogP contribution in [0.25, 0.3) is 0 Å². The largest absolute Gasteiger partial charge is 0.481 e. The van der Waals surface area contributed by atoms with E-state index in [0.717, 1.165) is 12.8 Å². The summed E-state index contributed by atoms with van der Waals surface area (Å²) in [5.41, 5.74) is 0. The minimum absolute atomic E-state index is 0.345. The number of aliphatic hydroxyl groups excluding tert-OH is 6. The third kappa shape index (κ3) is 40.2. The summed E-state index contributed by atoms with van der Waals surface area (Å²) in [6.07, 6.45) is 16.8. The van der Waals surface area contributed by atoms with Crippen molar-refractivity contribution in [1.29, 1.82) is 0 Å². The van der Waals surface area contributed by atoms with Gasteiger partial charge in [0.05, 0.1) is 26.4 Å². The molecular weight excluding hydrogens is 404 g/mol. The summed E-state index contributed by atoms with van der Waals surface area (Å²) in [5, 5.41) is 56.5. The molecule has 0 aliphatic rings. The van der Waals surface area contributed by atoms with Crippen molar-refractivity contribution in [2.24, 2.45) is 0 Å². The normalized spacial score (nSPS) is 10.5. The molecule has 0 aromatic heterocycles. The van der Waals surface area contributed by atoms with Crippen molar-refractivity contribution >= 4 is 5.97 Å². The van der Waals surface area contributed by atoms with Crippen LogP contribution in [0.1, 0.15) is 103 Å². The maximum Gasteiger partial charge on any atom is 0.303 e. The molecule has 31 heavy (non-hydrogen) atoms. The zero-order valence-corrected chi connectivity index (χ0v) is 19.6. The monoisotopic (exact) mass is 454 g/mol. The Kier molecular flexibility index (Phi) is 35.3. The van der Waals surface area contributed by atoms with Gasteiger partial charge in [-0.3, -0.25) is 4.79 Å². The van der Waals surface area contributed by atoms with E-state index in [1.54, 1.807) is 0 Å². The van der Waals surface area contributed by atoms with E-state index in [9.17, 15) is 4.79 Å². The van der Waals surface area contributed by atoms with E-state index in [1.807, 2.05) is 0 Å². The lowest BCUT2D eigenvalue weighted by Crippen LogP contribution is -2.15. The van der Waals surface area contributed by atoms with Crippen molar-refractivity contribution in [2.75, 3.05) is 26.4 Å². The molecule has 8 nitrogen and oxygen atoms in total. The Balaban J connectivity index is -0.000000532. The second-order valence-corrected chi connectivity index (χ2v) is 7.78. The van der Waals surface area contributed by atoms with Gasteiger partial charge in [0.1, 0.15) is 12.2 Å². The number of aliphatic carboxylic acids is 1. The van der Waals surface area contributed by atoms with Crippen LogP contribution in [0.2, 0.25) is 0 Å². The fourth-order valence-corrected chi connectivity index (χ4v) is 2.59. The molecule has 0 heterocycles. The molecule has 0 saturated carbocycles. The van der Waals surface area contributed by atoms with Crippen LogP contribution in [-0.2, 0) is 4.79 Å². The van der Waals surface area contributed by atoms with E-state index in [1.165, 1.54) is 77.0 Å². The fourth-order valence-electron chi connectivity index (χ4n) is 2.59. The molecule has 0 radical (unpaired) electrons. The minimum Gasteiger partial charge on any atom is -0.481 e. The molecule has 0 aromatic carbocycles. The Morgan fingerprint density at radius 2 is 0.806 bits per heavy atom. The van der Waals surface area contributed by atoms with Crippen LogP contribution < -0.4 is 0 Å². The molecule has 190 valence electrons. The van der Waals surface area contributed by atoms with Crippen molar-refractivity contribution in [1.82, 2.24) is 0 Å². The Morgan fingerprint density at radius 3 is 1.00 bits per heavy atom. The van der Waals surface area contributed by atoms with E-state index < -0.39 is 18.2 Å². The number of hydrogen-bond acceptors (Lipinski definition) is 7. The van der Waals surface area contributed by atoms with Gasteiger partial charge in [-0.15, -0.1) is 0 Å². The van der Waals surface area contributed by atoms with E-state index in [2.05, 4.69) is 6.92 Å². The number of carbonyl (C=O) groups is 1. The summed E-state index contributed by atoms with van der Waals surface area (Å²) in [6, 6.07) is 0. The molecule has 0 fully saturated rings. The second kappa shape index (κ2) is 31.4. The van der Waals surface area contributed by atoms with Gasteiger partial charge in [-0.05, 0) is 6.42 Å². The summed E-state index contributed by atoms with van der Waals surface area (Å²) in [4.78, 5) is 10.3. The average Bonchev–Trinajstić information content (AvgIpc) is 2.78. The van der Waals surface area contributed by atoms with Crippen LogP contribution in [0.5, 0.6) is 0 Å². The molecular formula is C23H50O8. The molecule has 0 unspecified atom stereocenters. The van der Waals surface area contributed by atoms with Gasteiger partial charge in [0.15, 0.2) is 0 Å². The first-order valence-electron chi connectivity index (χ1n) is 11.9. The summed E-state index contributed by atoms with van der Waals surface area (Å²) in [7, 11) is 0. The van der Waals surface area contributed by atoms with Crippen molar-refractivity contribution < 1.29 is 40.5 Å². The second-order valence-electron chi connectivity index (χ2n) is 7.78. The van der Waals surface area contributed by atoms with Crippen LogP contribution >= 0.6 is 0 Å². The SMILES string of the molecule is CCCCCCCCCCCCCCCCC(=O)O.OCC(O)CO.OCC(O)CO. The lowest BCUT2D eigenvalue weighted by Gasteiger charge is -2.02. The van der Waals surface area contributed by atoms with E-state index in [4.69, 9.17) is 35.7 Å². The van der Waals surface area contributed by atoms with Gasteiger partial charge in [0.25, 0.3) is 0 Å². The smallest absolute Gasteiger partial charge is 0.303 e. The van der Waals surface area contributed by atoms with Crippen molar-refractivity contribution in [3.05, 3.63) is 0 Å². The van der Waals surface area contributed by atoms with Crippen LogP contribution in [0.15, 0.2) is 0 Å². The van der Waals surface area contributed by atoms with Gasteiger partial charge in [-0.2, -0.15) is 0 Å². The highest BCUT2D eigenvalue weighted by molar-refractivity contribution is 5.66. The number of rotatable bonds is 19. The Labute approximate surface area is 189 Å². The van der Waals surface area contributed by atoms with Crippen molar-refractivity contribution in [3.63, 3.8) is 0 Å². The Morgan fingerprint density at radius 1 is 0.548 bits per heavy atom. The van der Waals surface area contributed by atoms with Crippen molar-refractivity contribution in [3.8, 4) is 0 Å². The van der Waals surface area contributed by atoms with Gasteiger partial charge in [0.2, 0.25) is 0 Å². The highest BCUT2D eigenvalue weighted by Crippen LogP contribution is 2.13. The lowest BCUT2D eigenvalue weighted by molar-refractivity contribution is -0.137. The van der Waals surface area contributed by atoms with Gasteiger partial charge >= 0.3 is 5.97 Å². The predicted molar refractivity (Wildman–Crippen MR) is 123 cm³/mol. The van der Waals surface area contributed by atoms with E-state index in [-0.39, 0.29) is 26.4 Å². The number of unbranched alkanes of at least 4 members (excludes halogenated alkanes) is 13. The molecule has 0 spiro atoms. The van der Waals surface area contributed by atoms with Crippen LogP contribution in [-0.4, -0.2) is 80.4 Å². The maximum absolute atomic E-state index is 10.3. The summed E-state index contributed by atoms with van der Waals surface area (Å²) < 4.78 is 0. The van der Waals surface area contributed by atoms with Gasteiger partial charge < -0.3 is 35.7 Å². The minimum atomic E-state index is -0.954. The molecule has 0 saturated heterocycles. The van der Waals surface area contributed by atoms with Crippen LogP contribution in [0.3, 0.4) is 0 Å². The molecule has 0 amide bonds. The number of carboxylic acids is 1. The van der Waals surface area contributed by atoms with Gasteiger partial charge in [0, 0.05) is 6.42 Å². The first kappa shape index (κ1) is 34.8. The summed E-state index contributed by atoms with van der Waals surface area (Å²) in [5.74, 6) is -0.654. The van der Waals surface area contributed by atoms with Crippen molar-refractivity contribution in [2.45, 2.75) is 115 Å². The van der Waals surface area contributed by atoms with E-state index in [0.29, 0.717) is 6.42 Å². The topological polar surface area (TPSA) is 159 Å². The molecule has 8 heteroatoms. The standard InChI is InChI=1S/C17H34O2.2C3H8O3/c1-2-3-4-5-6-7-8-9-10-11-12-13-14-15-16-17(18)19;2*4-1-3(6)2-5/h2-16H2,1H3,(H,18,19);2*3-6H,1-2H2. The predicted octanol–water partition coefficient (Wildman–Crippen LogP) is 2.61. The van der Waals surface area contributed by atoms with Gasteiger partial charge in [-0.25, -0.2) is 0 Å². The maximum atomic E-state index is 10.3. The number of aliphatic hydroxyl groups is 6. The molecule has 7 N–H and O–H groups in total. The third-order valence-electron chi connectivity index (χ3n) is 4.59. The molecule has 0 bridgehead atoms. The Bertz CT molecular complexity index is 311. The molecule has 0 aromatic rings. The summed E-state index contributed by atoms with van der Waals surface area (Å²) >= 11 is 0. The number of carboxylic acid groups (broad SMARTS) is 1. The third-order valence-corrected chi connectivity index (χ3v) is 4.59. The molecule has 0 atom stereocenters. The first-order chi connectivity index (χ1) is 14.9. The van der Waals surface area contributed by atoms with Gasteiger partial charge in [-0.1, -0.05) is 90.4 Å². The van der Waals surface area contributed by atoms with Crippen LogP contribution in [0.4, 0.5) is 0 Å². The quantitative estimate of drug-likeness (QED) is 0.147. The molecule has 0 aliphatic carbocycles. The fraction of sp³-hybridized carbons (Fsp3) is 0.957. The Hall–Kier alpha value is -0.770. The summed E-state index contributed by atoms with van der Waals surface area (Å²) in [6.45, 7) is 0.807. The van der Waals surface area contributed by atoms with E-state index >= 15 is 0 Å². The highest BCUT2D eigenvalue weighted by Gasteiger charge is 1.97. The highest BCUT2D eigenvalue weighted by atomic mass is 16.4. The zero-order valence-electron chi connectivity index (χ0n) is 19.6. The molecule has 0 rings (SSSR count). The zero-order chi connectivity index (χ0) is 24.2. The first-order valence-corrected chi connectivity index (χ1v) is 11.9.